The number of hydrogen-bond acceptors (Lipinski definition) is 17. The number of thiazole rings is 2. The van der Waals surface area contributed by atoms with Crippen LogP contribution in [0.5, 0.6) is 11.5 Å². The van der Waals surface area contributed by atoms with Crippen LogP contribution in [0.15, 0.2) is 80.4 Å². The minimum Gasteiger partial charge on any atom is -0.147 e. The number of carbonyl (C=O) groups excluding carboxylic acids is 2. The Kier molecular flexibility index (Phi) is 21.3. The molecule has 0 aliphatic carbocycles. The summed E-state index contributed by atoms with van der Waals surface area (Å²) >= 11 is 2.61. The zero-order chi connectivity index (χ0) is 52.2. The van der Waals surface area contributed by atoms with Gasteiger partial charge in [0.1, 0.15) is 11.5 Å². The van der Waals surface area contributed by atoms with E-state index in [1.807, 2.05) is 48.5 Å². The summed E-state index contributed by atoms with van der Waals surface area (Å²) in [4.78, 5) is 42.9. The maximum absolute atomic E-state index is 13.0. The first-order valence-electron chi connectivity index (χ1n) is 22.3. The molecule has 0 bridgehead atoms. The minimum atomic E-state index is -3.97. The van der Waals surface area contributed by atoms with E-state index in [0.29, 0.717) is 76.6 Å². The molecule has 2 atom stereocenters. The minimum absolute atomic E-state index is 0. The number of para-hydroxylation sites is 2. The van der Waals surface area contributed by atoms with Crippen LogP contribution in [0.25, 0.3) is 20.4 Å². The predicted molar refractivity (Wildman–Crippen MR) is 288 cm³/mol. The van der Waals surface area contributed by atoms with E-state index < -0.39 is 32.1 Å². The van der Waals surface area contributed by atoms with Crippen molar-refractivity contribution >= 4 is 106 Å². The number of hydrogen-bond donors (Lipinski definition) is 6. The van der Waals surface area contributed by atoms with Gasteiger partial charge in [0.15, 0.2) is 5.01 Å². The van der Waals surface area contributed by atoms with Gasteiger partial charge in [-0.25, -0.2) is 18.1 Å². The summed E-state index contributed by atoms with van der Waals surface area (Å²) in [5.74, 6) is 0.322. The fourth-order valence-corrected chi connectivity index (χ4v) is 12.5. The van der Waals surface area contributed by atoms with Gasteiger partial charge in [-0.3, -0.25) is 9.79 Å². The third kappa shape index (κ3) is 14.6. The van der Waals surface area contributed by atoms with Gasteiger partial charge in [-0.05, 0) is 101 Å². The number of nitrogens with two attached hydrogens (primary N) is 3. The van der Waals surface area contributed by atoms with Gasteiger partial charge >= 0.3 is 171 Å². The van der Waals surface area contributed by atoms with Gasteiger partial charge < -0.3 is 20.9 Å². The maximum atomic E-state index is 13.0. The number of rotatable bonds is 21. The van der Waals surface area contributed by atoms with Gasteiger partial charge in [0.25, 0.3) is 10.0 Å². The van der Waals surface area contributed by atoms with Crippen LogP contribution < -0.4 is 41.4 Å². The predicted octanol–water partition coefficient (Wildman–Crippen LogP) is 5.69. The molecule has 386 valence electrons. The molecule has 0 saturated heterocycles. The van der Waals surface area contributed by atoms with Crippen molar-refractivity contribution in [3.05, 3.63) is 104 Å². The number of benzene rings is 4. The van der Waals surface area contributed by atoms with Gasteiger partial charge in [-0.2, -0.15) is 0 Å². The Labute approximate surface area is 434 Å². The first-order chi connectivity index (χ1) is 33.6. The molecule has 2 aromatic heterocycles. The number of sulfonamides is 2. The summed E-state index contributed by atoms with van der Waals surface area (Å²) < 4.78 is 79.8. The molecule has 19 nitrogen and oxygen atoms in total. The molecule has 4 aromatic carbocycles. The molecule has 0 fully saturated rings. The van der Waals surface area contributed by atoms with Crippen LogP contribution >= 0.6 is 35.1 Å². The molecule has 6 rings (SSSR count). The normalized spacial score (nSPS) is 12.8. The van der Waals surface area contributed by atoms with Crippen molar-refractivity contribution in [1.29, 1.82) is 0 Å². The van der Waals surface area contributed by atoms with Gasteiger partial charge in [-0.1, -0.05) is 12.1 Å². The van der Waals surface area contributed by atoms with E-state index in [4.69, 9.17) is 26.7 Å². The summed E-state index contributed by atoms with van der Waals surface area (Å²) in [6, 6.07) is 17.0. The van der Waals surface area contributed by atoms with Crippen molar-refractivity contribution in [3.63, 3.8) is 0 Å². The number of carbonyl (C=O) groups is 2. The number of methoxy groups -OCH3 is 2. The third-order valence-electron chi connectivity index (χ3n) is 11.4. The van der Waals surface area contributed by atoms with Gasteiger partial charge in [0.2, 0.25) is 11.7 Å². The zero-order valence-electron chi connectivity index (χ0n) is 41.2. The molecule has 0 aliphatic heterocycles. The van der Waals surface area contributed by atoms with E-state index in [1.165, 1.54) is 36.9 Å². The third-order valence-corrected chi connectivity index (χ3v) is 16.8. The number of fused-ring (bicyclic) bond motifs is 2. The molecule has 6 aromatic rings. The molecule has 0 saturated carbocycles. The Hall–Kier alpha value is -5.89. The number of nitrogens with zero attached hydrogens (tertiary/aromatic N) is 4. The van der Waals surface area contributed by atoms with Crippen molar-refractivity contribution in [2.75, 3.05) is 33.8 Å². The Morgan fingerprint density at radius 1 is 0.681 bits per heavy atom. The van der Waals surface area contributed by atoms with Crippen LogP contribution in [0.1, 0.15) is 78.7 Å². The summed E-state index contributed by atoms with van der Waals surface area (Å²) in [7, 11) is -4.14. The summed E-state index contributed by atoms with van der Waals surface area (Å²) in [6.45, 7) is 10.8. The van der Waals surface area contributed by atoms with Gasteiger partial charge in [0.05, 0.1) is 35.4 Å². The zero-order valence-corrected chi connectivity index (χ0v) is 45.3. The first kappa shape index (κ1) is 58.7. The quantitative estimate of drug-likeness (QED) is 0.0166. The van der Waals surface area contributed by atoms with Crippen molar-refractivity contribution in [3.8, 4) is 11.5 Å². The smallest absolute Gasteiger partial charge is 0.147 e. The van der Waals surface area contributed by atoms with Crippen LogP contribution in [0.2, 0.25) is 0 Å². The van der Waals surface area contributed by atoms with E-state index in [9.17, 15) is 31.1 Å². The van der Waals surface area contributed by atoms with E-state index in [-0.39, 0.29) is 65.2 Å². The fourth-order valence-electron chi connectivity index (χ4n) is 7.65. The van der Waals surface area contributed by atoms with Gasteiger partial charge in [0, 0.05) is 6.54 Å². The Balaban J connectivity index is 0.000000309. The summed E-state index contributed by atoms with van der Waals surface area (Å²) in [5.41, 5.74) is 22.9. The topological polar surface area (TPSA) is 303 Å². The summed E-state index contributed by atoms with van der Waals surface area (Å²) in [6.07, 6.45) is 1.64. The van der Waals surface area contributed by atoms with Crippen molar-refractivity contribution in [1.82, 2.24) is 24.7 Å². The van der Waals surface area contributed by atoms with Crippen molar-refractivity contribution in [2.45, 2.75) is 89.1 Å². The Morgan fingerprint density at radius 2 is 1.10 bits per heavy atom. The number of Topliss-reactive ketones (excluding diaryl/α,β-unsaturated/α-hetero) is 2. The number of guanidine groups is 2. The Bertz CT molecular complexity index is 3160. The molecule has 0 amide bonds. The second-order valence-electron chi connectivity index (χ2n) is 16.4. The molecule has 2 unspecified atom stereocenters. The fraction of sp³-hybridized carbons (Fsp3) is 0.362. The molecular formula is C47H60BClN10O9S4. The summed E-state index contributed by atoms with van der Waals surface area (Å²) in [5, 5.41) is 3.68. The molecular weight excluding hydrogens is 1020 g/mol. The van der Waals surface area contributed by atoms with E-state index in [1.54, 1.807) is 53.7 Å². The average molecular weight is 1080 g/mol. The number of aliphatic imine (C=N–C) groups is 2. The van der Waals surface area contributed by atoms with E-state index in [2.05, 4.69) is 34.7 Å². The van der Waals surface area contributed by atoms with E-state index in [0.717, 1.165) is 31.6 Å². The molecule has 0 aliphatic rings. The van der Waals surface area contributed by atoms with Crippen LogP contribution in [-0.4, -0.2) is 103 Å². The van der Waals surface area contributed by atoms with Crippen LogP contribution in [-0.2, 0) is 24.8 Å². The molecule has 25 heteroatoms. The second kappa shape index (κ2) is 26.2. The first-order valence-corrected chi connectivity index (χ1v) is 26.9. The van der Waals surface area contributed by atoms with Crippen LogP contribution in [0.4, 0.5) is 0 Å². The standard InChI is InChI=1S/C24H30BN5O5S2.C23H29N5O4S2.ClH/c1-14-12-19(35-4)15(2)16(3)22(14)37(33,34)30-24(26)27-11-7-9-18(28-13-25-32)21(31)23-29-17-8-5-6-10-20(17)36-23;1-13-12-18(32-4)14(2)15(3)21(13)34(30,31)28-23(25)26-11-7-8-16(24)20(29)22-27-17-9-5-6-10-19(17)33-22;/h5-6,8,10,12,18,28H,7,9,11,13H2,1-4H3,(H3,26,27,30);5-6,9-10,12,16H,7-8,11,24H2,1-4H3,(H3,25,26,28);1H. The van der Waals surface area contributed by atoms with Crippen molar-refractivity contribution in [2.24, 2.45) is 27.2 Å². The van der Waals surface area contributed by atoms with Crippen molar-refractivity contribution < 1.29 is 40.6 Å². The number of halogens is 1. The number of nitrogens with one attached hydrogen (secondary N) is 3. The molecule has 9 N–H and O–H groups in total. The molecule has 0 radical (unpaired) electrons. The second-order valence-corrected chi connectivity index (χ2v) is 21.7. The SMILES string of the molecule is COc1cc(C)c(S(=O)(=O)NC(N)=NCCCC(N)C(=O)c2nc3ccccc3s2)c(C)c1C.COc1cc(C)c(S(=O)(=O)NC(N)=NCCCC(NCB=O)C(=O)c2nc3ccccc3s2)c(C)c1C.Cl. The molecule has 2 heterocycles. The number of ether oxygens (including phenoxy) is 2. The monoisotopic (exact) mass is 1080 g/mol. The number of ketones is 2. The number of aryl methyl sites for hydroxylation is 2. The van der Waals surface area contributed by atoms with E-state index >= 15 is 0 Å². The number of aromatic nitrogens is 2. The molecule has 72 heavy (non-hydrogen) atoms. The van der Waals surface area contributed by atoms with Crippen LogP contribution in [0, 0.1) is 41.5 Å². The Morgan fingerprint density at radius 3 is 1.51 bits per heavy atom. The van der Waals surface area contributed by atoms with Gasteiger partial charge in [-0.15, -0.1) is 23.7 Å². The average Bonchev–Trinajstić information content (AvgIpc) is 3.97. The molecule has 0 spiro atoms. The van der Waals surface area contributed by atoms with Crippen LogP contribution in [0.3, 0.4) is 0 Å².